The van der Waals surface area contributed by atoms with Crippen molar-refractivity contribution in [3.63, 3.8) is 0 Å². The predicted octanol–water partition coefficient (Wildman–Crippen LogP) is 4.33. The van der Waals surface area contributed by atoms with Crippen molar-refractivity contribution in [1.82, 2.24) is 14.8 Å². The van der Waals surface area contributed by atoms with E-state index in [4.69, 9.17) is 10.5 Å². The summed E-state index contributed by atoms with van der Waals surface area (Å²) in [5, 5.41) is 0. The number of amides is 2. The Morgan fingerprint density at radius 1 is 1.00 bits per heavy atom. The van der Waals surface area contributed by atoms with Gasteiger partial charge in [0.1, 0.15) is 5.60 Å². The Balaban J connectivity index is 1.42. The van der Waals surface area contributed by atoms with Gasteiger partial charge in [0.15, 0.2) is 0 Å². The van der Waals surface area contributed by atoms with Crippen LogP contribution in [0.2, 0.25) is 0 Å². The summed E-state index contributed by atoms with van der Waals surface area (Å²) in [4.78, 5) is 33.7. The van der Waals surface area contributed by atoms with Crippen molar-refractivity contribution in [1.29, 1.82) is 0 Å². The van der Waals surface area contributed by atoms with Crippen LogP contribution in [0.4, 0.5) is 10.5 Å². The minimum Gasteiger partial charge on any atom is -0.444 e. The highest BCUT2D eigenvalue weighted by Gasteiger charge is 2.39. The standard InChI is InChI=1S/C25H32N4O3/c1-25(2,3)32-24(31)28-12-10-22(11-13-28)29(21-8-9-21)23(30)18-6-4-17(5-7-18)19-14-20(26)16-27-15-19/h4-7,14-16,21-22H,8-13,26H2,1-3H3. The van der Waals surface area contributed by atoms with Gasteiger partial charge in [-0.25, -0.2) is 4.79 Å². The molecular weight excluding hydrogens is 404 g/mol. The molecule has 2 N–H and O–H groups in total. The topological polar surface area (TPSA) is 88.8 Å². The maximum absolute atomic E-state index is 13.4. The number of rotatable bonds is 4. The van der Waals surface area contributed by atoms with Crippen molar-refractivity contribution >= 4 is 17.7 Å². The summed E-state index contributed by atoms with van der Waals surface area (Å²) in [6.45, 7) is 6.84. The van der Waals surface area contributed by atoms with Crippen molar-refractivity contribution in [2.24, 2.45) is 0 Å². The maximum Gasteiger partial charge on any atom is 0.410 e. The first kappa shape index (κ1) is 22.1. The van der Waals surface area contributed by atoms with E-state index >= 15 is 0 Å². The molecule has 1 aliphatic carbocycles. The van der Waals surface area contributed by atoms with E-state index in [9.17, 15) is 9.59 Å². The van der Waals surface area contributed by atoms with Crippen LogP contribution in [0.3, 0.4) is 0 Å². The summed E-state index contributed by atoms with van der Waals surface area (Å²) in [5.74, 6) is 0.0699. The minimum absolute atomic E-state index is 0.0699. The number of carbonyl (C=O) groups is 2. The number of pyridine rings is 1. The fourth-order valence-corrected chi connectivity index (χ4v) is 4.21. The number of anilines is 1. The van der Waals surface area contributed by atoms with Gasteiger partial charge in [0.2, 0.25) is 0 Å². The highest BCUT2D eigenvalue weighted by molar-refractivity contribution is 5.95. The number of likely N-dealkylation sites (tertiary alicyclic amines) is 1. The van der Waals surface area contributed by atoms with Gasteiger partial charge in [0.25, 0.3) is 5.91 Å². The zero-order valence-corrected chi connectivity index (χ0v) is 19.1. The van der Waals surface area contributed by atoms with Gasteiger partial charge in [-0.3, -0.25) is 9.78 Å². The Morgan fingerprint density at radius 3 is 2.19 bits per heavy atom. The Hall–Kier alpha value is -3.09. The average molecular weight is 437 g/mol. The molecule has 0 radical (unpaired) electrons. The molecule has 1 saturated heterocycles. The van der Waals surface area contributed by atoms with E-state index < -0.39 is 5.60 Å². The van der Waals surface area contributed by atoms with Crippen molar-refractivity contribution in [2.45, 2.75) is 64.1 Å². The molecule has 0 unspecified atom stereocenters. The van der Waals surface area contributed by atoms with E-state index in [2.05, 4.69) is 9.88 Å². The molecule has 2 amide bonds. The third-order valence-electron chi connectivity index (χ3n) is 5.91. The Kier molecular flexibility index (Phi) is 6.09. The van der Waals surface area contributed by atoms with E-state index in [1.165, 1.54) is 0 Å². The van der Waals surface area contributed by atoms with Gasteiger partial charge in [-0.2, -0.15) is 0 Å². The first-order chi connectivity index (χ1) is 15.2. The molecule has 0 spiro atoms. The van der Waals surface area contributed by atoms with Gasteiger partial charge in [0.05, 0.1) is 5.69 Å². The van der Waals surface area contributed by atoms with Crippen LogP contribution in [0.15, 0.2) is 42.7 Å². The molecule has 32 heavy (non-hydrogen) atoms. The van der Waals surface area contributed by atoms with Gasteiger partial charge in [-0.1, -0.05) is 12.1 Å². The SMILES string of the molecule is CC(C)(C)OC(=O)N1CCC(N(C(=O)c2ccc(-c3cncc(N)c3)cc2)C2CC2)CC1. The largest absolute Gasteiger partial charge is 0.444 e. The molecule has 0 bridgehead atoms. The van der Waals surface area contributed by atoms with Crippen molar-refractivity contribution in [3.05, 3.63) is 48.3 Å². The number of carbonyl (C=O) groups excluding carboxylic acids is 2. The van der Waals surface area contributed by atoms with Crippen LogP contribution in [0.5, 0.6) is 0 Å². The fourth-order valence-electron chi connectivity index (χ4n) is 4.21. The molecule has 4 rings (SSSR count). The van der Waals surface area contributed by atoms with Gasteiger partial charge in [-0.05, 0) is 70.2 Å². The van der Waals surface area contributed by atoms with Crippen LogP contribution < -0.4 is 5.73 Å². The van der Waals surface area contributed by atoms with Crippen LogP contribution in [0, 0.1) is 0 Å². The molecule has 1 saturated carbocycles. The molecule has 2 aromatic rings. The lowest BCUT2D eigenvalue weighted by Gasteiger charge is -2.39. The second-order valence-electron chi connectivity index (χ2n) is 9.73. The Bertz CT molecular complexity index is 971. The van der Waals surface area contributed by atoms with Gasteiger partial charge in [0, 0.05) is 48.7 Å². The van der Waals surface area contributed by atoms with E-state index in [0.29, 0.717) is 30.4 Å². The molecule has 2 aliphatic rings. The summed E-state index contributed by atoms with van der Waals surface area (Å²) in [5.41, 5.74) is 8.54. The van der Waals surface area contributed by atoms with Crippen molar-refractivity contribution in [3.8, 4) is 11.1 Å². The normalized spacial score (nSPS) is 17.2. The molecule has 7 heteroatoms. The first-order valence-electron chi connectivity index (χ1n) is 11.3. The number of nitrogens with zero attached hydrogens (tertiary/aromatic N) is 3. The zero-order valence-electron chi connectivity index (χ0n) is 19.1. The minimum atomic E-state index is -0.502. The van der Waals surface area contributed by atoms with Gasteiger partial charge >= 0.3 is 6.09 Å². The van der Waals surface area contributed by atoms with Crippen molar-refractivity contribution in [2.75, 3.05) is 18.8 Å². The molecule has 2 heterocycles. The number of nitrogen functional groups attached to an aromatic ring is 1. The van der Waals surface area contributed by atoms with E-state index in [1.807, 2.05) is 51.1 Å². The zero-order chi connectivity index (χ0) is 22.9. The van der Waals surface area contributed by atoms with E-state index in [0.717, 1.165) is 36.8 Å². The monoisotopic (exact) mass is 436 g/mol. The molecule has 1 aromatic heterocycles. The molecule has 1 aromatic carbocycles. The second kappa shape index (κ2) is 8.81. The Labute approximate surface area is 189 Å². The molecular formula is C25H32N4O3. The van der Waals surface area contributed by atoms with Gasteiger partial charge in [-0.15, -0.1) is 0 Å². The number of aromatic nitrogens is 1. The molecule has 7 nitrogen and oxygen atoms in total. The summed E-state index contributed by atoms with van der Waals surface area (Å²) in [7, 11) is 0. The number of benzene rings is 1. The number of piperidine rings is 1. The summed E-state index contributed by atoms with van der Waals surface area (Å²) in [6.07, 6.45) is 6.75. The number of hydrogen-bond acceptors (Lipinski definition) is 5. The predicted molar refractivity (Wildman–Crippen MR) is 124 cm³/mol. The first-order valence-corrected chi connectivity index (χ1v) is 11.3. The maximum atomic E-state index is 13.4. The van der Waals surface area contributed by atoms with Crippen LogP contribution in [0.25, 0.3) is 11.1 Å². The second-order valence-corrected chi connectivity index (χ2v) is 9.73. The molecule has 0 atom stereocenters. The quantitative estimate of drug-likeness (QED) is 0.770. The lowest BCUT2D eigenvalue weighted by Crippen LogP contribution is -2.50. The summed E-state index contributed by atoms with van der Waals surface area (Å²) >= 11 is 0. The smallest absolute Gasteiger partial charge is 0.410 e. The van der Waals surface area contributed by atoms with E-state index in [-0.39, 0.29) is 18.0 Å². The van der Waals surface area contributed by atoms with Crippen LogP contribution >= 0.6 is 0 Å². The number of hydrogen-bond donors (Lipinski definition) is 1. The van der Waals surface area contributed by atoms with Crippen LogP contribution in [0.1, 0.15) is 56.8 Å². The van der Waals surface area contributed by atoms with Gasteiger partial charge < -0.3 is 20.3 Å². The molecule has 2 fully saturated rings. The summed E-state index contributed by atoms with van der Waals surface area (Å²) < 4.78 is 5.50. The lowest BCUT2D eigenvalue weighted by atomic mass is 10.0. The molecule has 1 aliphatic heterocycles. The third kappa shape index (κ3) is 5.21. The Morgan fingerprint density at radius 2 is 1.62 bits per heavy atom. The van der Waals surface area contributed by atoms with Crippen molar-refractivity contribution < 1.29 is 14.3 Å². The lowest BCUT2D eigenvalue weighted by molar-refractivity contribution is 0.0142. The average Bonchev–Trinajstić information content (AvgIpc) is 3.58. The summed E-state index contributed by atoms with van der Waals surface area (Å²) in [6, 6.07) is 9.97. The van der Waals surface area contributed by atoms with Crippen LogP contribution in [-0.2, 0) is 4.74 Å². The highest BCUT2D eigenvalue weighted by atomic mass is 16.6. The highest BCUT2D eigenvalue weighted by Crippen LogP contribution is 2.34. The number of nitrogens with two attached hydrogens (primary N) is 1. The van der Waals surface area contributed by atoms with E-state index in [1.54, 1.807) is 17.3 Å². The molecule has 170 valence electrons. The fraction of sp³-hybridized carbons (Fsp3) is 0.480. The third-order valence-corrected chi connectivity index (χ3v) is 5.91. The number of ether oxygens (including phenoxy) is 1. The van der Waals surface area contributed by atoms with Crippen LogP contribution in [-0.4, -0.2) is 57.6 Å².